The molecule has 1 aliphatic heterocycles. The van der Waals surface area contributed by atoms with Crippen LogP contribution < -0.4 is 9.47 Å². The summed E-state index contributed by atoms with van der Waals surface area (Å²) in [7, 11) is 0. The van der Waals surface area contributed by atoms with Crippen LogP contribution >= 0.6 is 27.5 Å². The lowest BCUT2D eigenvalue weighted by Crippen LogP contribution is -2.08. The maximum absolute atomic E-state index is 12.5. The highest BCUT2D eigenvalue weighted by atomic mass is 79.9. The molecule has 3 aromatic rings. The van der Waals surface area contributed by atoms with Crippen LogP contribution in [-0.2, 0) is 0 Å². The monoisotopic (exact) mass is 454 g/mol. The lowest BCUT2D eigenvalue weighted by molar-refractivity contribution is 0.0734. The van der Waals surface area contributed by atoms with Gasteiger partial charge in [-0.1, -0.05) is 39.7 Å². The molecule has 0 aromatic heterocycles. The van der Waals surface area contributed by atoms with E-state index >= 15 is 0 Å². The molecule has 0 aliphatic carbocycles. The van der Waals surface area contributed by atoms with Crippen LogP contribution in [0.4, 0.5) is 0 Å². The SMILES string of the molecule is O=C(Oc1ccc2c(c1)OC(=Cc1ccc(Br)cc1)C2=O)c1ccc(Cl)cc1. The molecule has 28 heavy (non-hydrogen) atoms. The van der Waals surface area contributed by atoms with Crippen molar-refractivity contribution >= 4 is 45.4 Å². The molecular weight excluding hydrogens is 444 g/mol. The van der Waals surface area contributed by atoms with Gasteiger partial charge in [-0.15, -0.1) is 0 Å². The first kappa shape index (κ1) is 18.5. The van der Waals surface area contributed by atoms with Crippen molar-refractivity contribution in [3.63, 3.8) is 0 Å². The number of carbonyl (C=O) groups excluding carboxylic acids is 2. The summed E-state index contributed by atoms with van der Waals surface area (Å²) in [5.74, 6) is 0.129. The Morgan fingerprint density at radius 3 is 2.43 bits per heavy atom. The van der Waals surface area contributed by atoms with Crippen molar-refractivity contribution in [3.8, 4) is 11.5 Å². The van der Waals surface area contributed by atoms with Crippen molar-refractivity contribution < 1.29 is 19.1 Å². The topological polar surface area (TPSA) is 52.6 Å². The third kappa shape index (κ3) is 3.86. The Hall–Kier alpha value is -2.89. The lowest BCUT2D eigenvalue weighted by Gasteiger charge is -2.05. The number of esters is 1. The van der Waals surface area contributed by atoms with E-state index in [9.17, 15) is 9.59 Å². The van der Waals surface area contributed by atoms with E-state index in [-0.39, 0.29) is 17.3 Å². The van der Waals surface area contributed by atoms with Crippen LogP contribution in [0.15, 0.2) is 77.0 Å². The summed E-state index contributed by atoms with van der Waals surface area (Å²) in [6, 6.07) is 18.6. The average molecular weight is 456 g/mol. The second-order valence-electron chi connectivity index (χ2n) is 6.05. The minimum atomic E-state index is -0.522. The fourth-order valence-corrected chi connectivity index (χ4v) is 3.08. The zero-order valence-electron chi connectivity index (χ0n) is 14.3. The van der Waals surface area contributed by atoms with Crippen LogP contribution in [0.1, 0.15) is 26.3 Å². The number of fused-ring (bicyclic) bond motifs is 1. The van der Waals surface area contributed by atoms with Crippen LogP contribution in [0.3, 0.4) is 0 Å². The molecule has 0 unspecified atom stereocenters. The smallest absolute Gasteiger partial charge is 0.343 e. The molecule has 138 valence electrons. The average Bonchev–Trinajstić information content (AvgIpc) is 2.99. The molecule has 1 aliphatic rings. The summed E-state index contributed by atoms with van der Waals surface area (Å²) < 4.78 is 12.0. The van der Waals surface area contributed by atoms with Gasteiger partial charge in [-0.2, -0.15) is 0 Å². The first-order valence-corrected chi connectivity index (χ1v) is 9.48. The standard InChI is InChI=1S/C22H12BrClO4/c23-15-5-1-13(2-6-15)11-20-21(25)18-10-9-17(12-19(18)28-20)27-22(26)14-3-7-16(24)8-4-14/h1-12H. The summed E-state index contributed by atoms with van der Waals surface area (Å²) in [5, 5.41) is 0.533. The van der Waals surface area contributed by atoms with Crippen molar-refractivity contribution in [3.05, 3.63) is 98.7 Å². The van der Waals surface area contributed by atoms with Crippen molar-refractivity contribution in [2.45, 2.75) is 0 Å². The number of allylic oxidation sites excluding steroid dienone is 1. The quantitative estimate of drug-likeness (QED) is 0.279. The van der Waals surface area contributed by atoms with Gasteiger partial charge < -0.3 is 9.47 Å². The Balaban J connectivity index is 1.54. The third-order valence-electron chi connectivity index (χ3n) is 4.10. The first-order valence-electron chi connectivity index (χ1n) is 8.31. The molecule has 0 saturated carbocycles. The number of carbonyl (C=O) groups is 2. The lowest BCUT2D eigenvalue weighted by atomic mass is 10.1. The molecule has 0 N–H and O–H groups in total. The number of hydrogen-bond acceptors (Lipinski definition) is 4. The van der Waals surface area contributed by atoms with Gasteiger partial charge >= 0.3 is 5.97 Å². The minimum absolute atomic E-state index is 0.214. The van der Waals surface area contributed by atoms with Crippen LogP contribution in [-0.4, -0.2) is 11.8 Å². The molecular formula is C22H12BrClO4. The largest absolute Gasteiger partial charge is 0.452 e. The summed E-state index contributed by atoms with van der Waals surface area (Å²) in [6.07, 6.45) is 1.67. The molecule has 0 amide bonds. The molecule has 0 saturated heterocycles. The zero-order chi connectivity index (χ0) is 19.7. The number of ketones is 1. The van der Waals surface area contributed by atoms with Crippen molar-refractivity contribution in [2.75, 3.05) is 0 Å². The maximum Gasteiger partial charge on any atom is 0.343 e. The fourth-order valence-electron chi connectivity index (χ4n) is 2.69. The van der Waals surface area contributed by atoms with Crippen LogP contribution in [0.25, 0.3) is 6.08 Å². The molecule has 4 nitrogen and oxygen atoms in total. The van der Waals surface area contributed by atoms with Gasteiger partial charge in [-0.3, -0.25) is 4.79 Å². The number of rotatable bonds is 3. The van der Waals surface area contributed by atoms with E-state index in [1.807, 2.05) is 24.3 Å². The van der Waals surface area contributed by atoms with Gasteiger partial charge in [0.2, 0.25) is 5.78 Å². The molecule has 1 heterocycles. The zero-order valence-corrected chi connectivity index (χ0v) is 16.7. The Morgan fingerprint density at radius 2 is 1.71 bits per heavy atom. The number of ether oxygens (including phenoxy) is 2. The van der Waals surface area contributed by atoms with Crippen LogP contribution in [0, 0.1) is 0 Å². The number of halogens is 2. The normalized spacial score (nSPS) is 13.9. The molecule has 3 aromatic carbocycles. The molecule has 4 rings (SSSR count). The van der Waals surface area contributed by atoms with E-state index in [1.165, 1.54) is 6.07 Å². The minimum Gasteiger partial charge on any atom is -0.452 e. The Bertz CT molecular complexity index is 1100. The van der Waals surface area contributed by atoms with Crippen molar-refractivity contribution in [2.24, 2.45) is 0 Å². The molecule has 0 radical (unpaired) electrons. The van der Waals surface area contributed by atoms with Crippen molar-refractivity contribution in [1.82, 2.24) is 0 Å². The highest BCUT2D eigenvalue weighted by Crippen LogP contribution is 2.35. The van der Waals surface area contributed by atoms with Gasteiger partial charge in [0.25, 0.3) is 0 Å². The molecule has 0 fully saturated rings. The summed E-state index contributed by atoms with van der Waals surface area (Å²) >= 11 is 9.20. The second-order valence-corrected chi connectivity index (χ2v) is 7.40. The van der Waals surface area contributed by atoms with E-state index in [0.29, 0.717) is 21.9 Å². The molecule has 0 spiro atoms. The molecule has 0 bridgehead atoms. The highest BCUT2D eigenvalue weighted by molar-refractivity contribution is 9.10. The Labute approximate surface area is 174 Å². The van der Waals surface area contributed by atoms with Gasteiger partial charge in [-0.25, -0.2) is 4.79 Å². The van der Waals surface area contributed by atoms with E-state index < -0.39 is 5.97 Å². The summed E-state index contributed by atoms with van der Waals surface area (Å²) in [5.41, 5.74) is 1.64. The summed E-state index contributed by atoms with van der Waals surface area (Å²) in [4.78, 5) is 24.8. The Kier molecular flexibility index (Phi) is 5.03. The Morgan fingerprint density at radius 1 is 1.00 bits per heavy atom. The molecule has 6 heteroatoms. The first-order chi connectivity index (χ1) is 13.5. The van der Waals surface area contributed by atoms with Gasteiger partial charge in [-0.05, 0) is 60.2 Å². The highest BCUT2D eigenvalue weighted by Gasteiger charge is 2.28. The number of Topliss-reactive ketones (excluding diaryl/α,β-unsaturated/α-hetero) is 1. The van der Waals surface area contributed by atoms with Crippen LogP contribution in [0.2, 0.25) is 5.02 Å². The number of hydrogen-bond donors (Lipinski definition) is 0. The van der Waals surface area contributed by atoms with E-state index in [0.717, 1.165) is 10.0 Å². The maximum atomic E-state index is 12.5. The van der Waals surface area contributed by atoms with Gasteiger partial charge in [0.1, 0.15) is 11.5 Å². The predicted molar refractivity (Wildman–Crippen MR) is 110 cm³/mol. The summed E-state index contributed by atoms with van der Waals surface area (Å²) in [6.45, 7) is 0. The molecule has 0 atom stereocenters. The number of benzene rings is 3. The van der Waals surface area contributed by atoms with Gasteiger partial charge in [0.15, 0.2) is 5.76 Å². The predicted octanol–water partition coefficient (Wildman–Crippen LogP) is 5.94. The van der Waals surface area contributed by atoms with Gasteiger partial charge in [0.05, 0.1) is 11.1 Å². The fraction of sp³-hybridized carbons (Fsp3) is 0. The van der Waals surface area contributed by atoms with Crippen molar-refractivity contribution in [1.29, 1.82) is 0 Å². The second kappa shape index (κ2) is 7.62. The van der Waals surface area contributed by atoms with Crippen LogP contribution in [0.5, 0.6) is 11.5 Å². The third-order valence-corrected chi connectivity index (χ3v) is 4.88. The van der Waals surface area contributed by atoms with E-state index in [1.54, 1.807) is 42.5 Å². The van der Waals surface area contributed by atoms with Gasteiger partial charge in [0, 0.05) is 15.6 Å². The van der Waals surface area contributed by atoms with E-state index in [2.05, 4.69) is 15.9 Å². The van der Waals surface area contributed by atoms with E-state index in [4.69, 9.17) is 21.1 Å².